The molecule has 0 N–H and O–H groups in total. The summed E-state index contributed by atoms with van der Waals surface area (Å²) in [5.41, 5.74) is 9.57. The molecule has 0 aliphatic heterocycles. The zero-order chi connectivity index (χ0) is 42.2. The molecule has 0 unspecified atom stereocenters. The van der Waals surface area contributed by atoms with E-state index in [1.807, 2.05) is 11.3 Å². The van der Waals surface area contributed by atoms with Gasteiger partial charge in [-0.3, -0.25) is 0 Å². The minimum atomic E-state index is -2.66. The summed E-state index contributed by atoms with van der Waals surface area (Å²) < 4.78 is 7.58. The zero-order valence-electron chi connectivity index (χ0n) is 34.9. The molecule has 0 saturated carbocycles. The Morgan fingerprint density at radius 1 is 0.297 bits per heavy atom. The molecule has 0 fully saturated rings. The van der Waals surface area contributed by atoms with Crippen LogP contribution in [0.15, 0.2) is 243 Å². The Morgan fingerprint density at radius 2 is 0.797 bits per heavy atom. The van der Waals surface area contributed by atoms with Crippen molar-refractivity contribution in [3.05, 3.63) is 243 Å². The van der Waals surface area contributed by atoms with Crippen molar-refractivity contribution in [1.82, 2.24) is 9.13 Å². The zero-order valence-corrected chi connectivity index (χ0v) is 36.7. The summed E-state index contributed by atoms with van der Waals surface area (Å²) in [4.78, 5) is 0. The normalized spacial score (nSPS) is 12.1. The van der Waals surface area contributed by atoms with Gasteiger partial charge in [-0.05, 0) is 87.0 Å². The summed E-state index contributed by atoms with van der Waals surface area (Å²) in [6.07, 6.45) is 0. The molecule has 0 aliphatic carbocycles. The average molecular weight is 849 g/mol. The highest BCUT2D eigenvalue weighted by Crippen LogP contribution is 2.42. The van der Waals surface area contributed by atoms with Crippen LogP contribution >= 0.6 is 11.3 Å². The van der Waals surface area contributed by atoms with Gasteiger partial charge in [-0.2, -0.15) is 0 Å². The minimum Gasteiger partial charge on any atom is -0.309 e. The third-order valence-corrected chi connectivity index (χ3v) is 19.4. The van der Waals surface area contributed by atoms with Crippen LogP contribution in [0.1, 0.15) is 0 Å². The monoisotopic (exact) mass is 848 g/mol. The fourth-order valence-electron chi connectivity index (χ4n) is 10.7. The van der Waals surface area contributed by atoms with Gasteiger partial charge in [-0.1, -0.05) is 182 Å². The van der Waals surface area contributed by atoms with Gasteiger partial charge in [0.05, 0.1) is 22.1 Å². The van der Waals surface area contributed by atoms with E-state index in [1.165, 1.54) is 101 Å². The molecular formula is C60H40N2SSi. The maximum Gasteiger partial charge on any atom is 0.179 e. The van der Waals surface area contributed by atoms with Gasteiger partial charge in [-0.25, -0.2) is 0 Å². The molecule has 0 radical (unpaired) electrons. The minimum absolute atomic E-state index is 1.15. The van der Waals surface area contributed by atoms with Crippen LogP contribution in [-0.4, -0.2) is 17.2 Å². The molecule has 13 rings (SSSR count). The molecule has 0 atom stereocenters. The fourth-order valence-corrected chi connectivity index (χ4v) is 16.5. The number of benzene rings is 10. The molecular weight excluding hydrogens is 809 g/mol. The summed E-state index contributed by atoms with van der Waals surface area (Å²) in [5.74, 6) is 0. The van der Waals surface area contributed by atoms with Gasteiger partial charge in [0.2, 0.25) is 0 Å². The highest BCUT2D eigenvalue weighted by atomic mass is 32.1. The lowest BCUT2D eigenvalue weighted by Crippen LogP contribution is -2.74. The lowest BCUT2D eigenvalue weighted by atomic mass is 10.00. The maximum absolute atomic E-state index is 2.66. The van der Waals surface area contributed by atoms with E-state index in [9.17, 15) is 0 Å². The molecule has 10 aromatic carbocycles. The van der Waals surface area contributed by atoms with Crippen molar-refractivity contribution in [2.24, 2.45) is 0 Å². The maximum atomic E-state index is 2.49. The quantitative estimate of drug-likeness (QED) is 0.112. The Bertz CT molecular complexity index is 3790. The van der Waals surface area contributed by atoms with Gasteiger partial charge in [0, 0.05) is 58.7 Å². The molecule has 0 aliphatic rings. The van der Waals surface area contributed by atoms with Gasteiger partial charge in [-0.15, -0.1) is 11.3 Å². The number of thiophene rings is 1. The largest absolute Gasteiger partial charge is 0.309 e. The van der Waals surface area contributed by atoms with Gasteiger partial charge in [0.15, 0.2) is 8.07 Å². The van der Waals surface area contributed by atoms with E-state index < -0.39 is 8.07 Å². The van der Waals surface area contributed by atoms with E-state index in [-0.39, 0.29) is 0 Å². The van der Waals surface area contributed by atoms with Crippen molar-refractivity contribution in [2.45, 2.75) is 0 Å². The summed E-state index contributed by atoms with van der Waals surface area (Å²) in [7, 11) is -2.66. The van der Waals surface area contributed by atoms with Crippen LogP contribution in [0.25, 0.3) is 86.3 Å². The van der Waals surface area contributed by atoms with Gasteiger partial charge in [0.25, 0.3) is 0 Å². The molecule has 0 spiro atoms. The Kier molecular flexibility index (Phi) is 8.45. The van der Waals surface area contributed by atoms with Crippen molar-refractivity contribution in [1.29, 1.82) is 0 Å². The Balaban J connectivity index is 0.992. The van der Waals surface area contributed by atoms with Crippen LogP contribution in [0, 0.1) is 0 Å². The molecule has 2 nitrogen and oxygen atoms in total. The lowest BCUT2D eigenvalue weighted by molar-refractivity contribution is 1.18. The summed E-state index contributed by atoms with van der Waals surface area (Å²) in [5, 5.41) is 13.1. The Labute approximate surface area is 376 Å². The molecule has 0 amide bonds. The number of aromatic nitrogens is 2. The first kappa shape index (κ1) is 36.9. The number of hydrogen-bond donors (Lipinski definition) is 0. The van der Waals surface area contributed by atoms with E-state index in [0.29, 0.717) is 0 Å². The van der Waals surface area contributed by atoms with Gasteiger partial charge in [0.1, 0.15) is 0 Å². The summed E-state index contributed by atoms with van der Waals surface area (Å²) >= 11 is 1.87. The number of para-hydroxylation sites is 3. The van der Waals surface area contributed by atoms with Crippen molar-refractivity contribution in [3.8, 4) is 22.5 Å². The second-order valence-corrected chi connectivity index (χ2v) is 21.7. The van der Waals surface area contributed by atoms with Crippen molar-refractivity contribution >= 4 is 104 Å². The van der Waals surface area contributed by atoms with Gasteiger partial charge < -0.3 is 9.13 Å². The van der Waals surface area contributed by atoms with Crippen LogP contribution in [-0.2, 0) is 0 Å². The van der Waals surface area contributed by atoms with E-state index >= 15 is 0 Å². The smallest absolute Gasteiger partial charge is 0.179 e. The Hall–Kier alpha value is -7.76. The van der Waals surface area contributed by atoms with Crippen LogP contribution in [0.4, 0.5) is 0 Å². The number of nitrogens with zero attached hydrogens (tertiary/aromatic N) is 2. The fraction of sp³-hybridized carbons (Fsp3) is 0. The highest BCUT2D eigenvalue weighted by Gasteiger charge is 2.41. The second kappa shape index (κ2) is 14.7. The number of rotatable bonds is 7. The Morgan fingerprint density at radius 3 is 1.47 bits per heavy atom. The first-order valence-corrected chi connectivity index (χ1v) is 24.8. The number of fused-ring (bicyclic) bond motifs is 9. The van der Waals surface area contributed by atoms with E-state index in [4.69, 9.17) is 0 Å². The highest BCUT2D eigenvalue weighted by molar-refractivity contribution is 7.25. The molecule has 0 saturated heterocycles. The standard InChI is InChI=1S/C60H40N2SSi/c1-4-17-44(18-5-1)64(45-19-6-2-7-20-45,46-21-8-3-9-22-46)47-35-32-42(33-36-47)61-55-28-13-11-24-50(55)53-39-41(31-37-57(53)61)48-26-16-27-52-49-23-10-14-29-56(49)62(60(48)52)43-34-38-59-54(40-43)51-25-12-15-30-58(51)63-59/h1-40H. The molecule has 3 aromatic heterocycles. The predicted octanol–water partition coefficient (Wildman–Crippen LogP) is 13.3. The molecule has 13 aromatic rings. The first-order chi connectivity index (χ1) is 31.8. The topological polar surface area (TPSA) is 9.86 Å². The molecule has 4 heteroatoms. The third kappa shape index (κ3) is 5.50. The summed E-state index contributed by atoms with van der Waals surface area (Å²) in [6.45, 7) is 0. The first-order valence-electron chi connectivity index (χ1n) is 22.0. The van der Waals surface area contributed by atoms with Crippen LogP contribution in [0.3, 0.4) is 0 Å². The SMILES string of the molecule is c1ccc([Si](c2ccccc2)(c2ccccc2)c2ccc(-n3c4ccccc4c4cc(-c5cccc6c7ccccc7n(-c7ccc8sc9ccccc9c8c7)c56)ccc43)cc2)cc1. The lowest BCUT2D eigenvalue weighted by Gasteiger charge is -2.34. The van der Waals surface area contributed by atoms with Crippen molar-refractivity contribution in [3.63, 3.8) is 0 Å². The van der Waals surface area contributed by atoms with Crippen LogP contribution < -0.4 is 20.7 Å². The van der Waals surface area contributed by atoms with Crippen molar-refractivity contribution < 1.29 is 0 Å². The van der Waals surface area contributed by atoms with E-state index in [1.54, 1.807) is 0 Å². The average Bonchev–Trinajstić information content (AvgIpc) is 4.03. The van der Waals surface area contributed by atoms with Crippen LogP contribution in [0.2, 0.25) is 0 Å². The molecule has 300 valence electrons. The summed E-state index contributed by atoms with van der Waals surface area (Å²) in [6, 6.07) is 90.4. The second-order valence-electron chi connectivity index (χ2n) is 16.8. The van der Waals surface area contributed by atoms with Gasteiger partial charge >= 0.3 is 0 Å². The van der Waals surface area contributed by atoms with E-state index in [2.05, 4.69) is 252 Å². The predicted molar refractivity (Wildman–Crippen MR) is 277 cm³/mol. The molecule has 0 bridgehead atoms. The third-order valence-electron chi connectivity index (χ3n) is 13.5. The molecule has 3 heterocycles. The number of hydrogen-bond acceptors (Lipinski definition) is 1. The van der Waals surface area contributed by atoms with Crippen molar-refractivity contribution in [2.75, 3.05) is 0 Å². The molecule has 64 heavy (non-hydrogen) atoms. The van der Waals surface area contributed by atoms with Crippen LogP contribution in [0.5, 0.6) is 0 Å². The van der Waals surface area contributed by atoms with E-state index in [0.717, 1.165) is 5.69 Å².